The number of carbonyl (C=O) groups is 1. The zero-order valence-corrected chi connectivity index (χ0v) is 10.9. The van der Waals surface area contributed by atoms with Gasteiger partial charge in [0.2, 0.25) is 5.91 Å². The van der Waals surface area contributed by atoms with E-state index >= 15 is 0 Å². The van der Waals surface area contributed by atoms with E-state index in [9.17, 15) is 4.79 Å². The van der Waals surface area contributed by atoms with Crippen LogP contribution in [0.2, 0.25) is 5.02 Å². The van der Waals surface area contributed by atoms with E-state index in [2.05, 4.69) is 0 Å². The Hall–Kier alpha value is -1.48. The lowest BCUT2D eigenvalue weighted by Gasteiger charge is -2.15. The summed E-state index contributed by atoms with van der Waals surface area (Å²) in [7, 11) is 0. The highest BCUT2D eigenvalue weighted by Gasteiger charge is 2.04. The van der Waals surface area contributed by atoms with Gasteiger partial charge in [0.05, 0.1) is 10.7 Å². The summed E-state index contributed by atoms with van der Waals surface area (Å²) >= 11 is 5.81. The van der Waals surface area contributed by atoms with Crippen molar-refractivity contribution >= 4 is 29.3 Å². The molecule has 0 unspecified atom stereocenters. The number of benzene rings is 1. The lowest BCUT2D eigenvalue weighted by molar-refractivity contribution is -0.125. The Labute approximate surface area is 107 Å². The molecule has 92 valence electrons. The van der Waals surface area contributed by atoms with E-state index in [1.165, 1.54) is 0 Å². The molecule has 0 spiro atoms. The van der Waals surface area contributed by atoms with Gasteiger partial charge < -0.3 is 10.6 Å². The van der Waals surface area contributed by atoms with Gasteiger partial charge in [-0.05, 0) is 37.6 Å². The normalized spacial score (nSPS) is 10.8. The van der Waals surface area contributed by atoms with Crippen LogP contribution in [0.5, 0.6) is 0 Å². The molecule has 0 aliphatic carbocycles. The lowest BCUT2D eigenvalue weighted by Crippen LogP contribution is -2.28. The second-order valence-electron chi connectivity index (χ2n) is 3.62. The number of hydrogen-bond donors (Lipinski definition) is 1. The van der Waals surface area contributed by atoms with Crippen molar-refractivity contribution in [3.63, 3.8) is 0 Å². The minimum absolute atomic E-state index is 0.00326. The summed E-state index contributed by atoms with van der Waals surface area (Å²) in [5.41, 5.74) is 7.06. The number of carbonyl (C=O) groups excluding carboxylic acids is 1. The molecule has 0 heterocycles. The number of anilines is 1. The average Bonchev–Trinajstić information content (AvgIpc) is 2.32. The first-order valence-corrected chi connectivity index (χ1v) is 5.98. The van der Waals surface area contributed by atoms with Gasteiger partial charge in [0.25, 0.3) is 0 Å². The zero-order chi connectivity index (χ0) is 12.8. The summed E-state index contributed by atoms with van der Waals surface area (Å²) in [6, 6.07) is 5.29. The van der Waals surface area contributed by atoms with Crippen LogP contribution in [0.1, 0.15) is 19.4 Å². The molecule has 0 radical (unpaired) electrons. The predicted octanol–water partition coefficient (Wildman–Crippen LogP) is 2.80. The molecule has 1 aromatic rings. The second-order valence-corrected chi connectivity index (χ2v) is 4.03. The summed E-state index contributed by atoms with van der Waals surface area (Å²) in [6.45, 7) is 5.33. The van der Waals surface area contributed by atoms with Crippen molar-refractivity contribution in [2.75, 3.05) is 18.8 Å². The van der Waals surface area contributed by atoms with E-state index in [1.54, 1.807) is 29.2 Å². The van der Waals surface area contributed by atoms with Gasteiger partial charge in [0.1, 0.15) is 0 Å². The molecule has 0 fully saturated rings. The number of rotatable bonds is 4. The molecule has 1 rings (SSSR count). The van der Waals surface area contributed by atoms with Crippen molar-refractivity contribution in [2.24, 2.45) is 0 Å². The van der Waals surface area contributed by atoms with Gasteiger partial charge >= 0.3 is 0 Å². The third-order valence-corrected chi connectivity index (χ3v) is 2.86. The van der Waals surface area contributed by atoms with Crippen LogP contribution in [0.3, 0.4) is 0 Å². The van der Waals surface area contributed by atoms with E-state index in [4.69, 9.17) is 17.3 Å². The van der Waals surface area contributed by atoms with Crippen LogP contribution < -0.4 is 5.73 Å². The largest absolute Gasteiger partial charge is 0.398 e. The molecule has 17 heavy (non-hydrogen) atoms. The monoisotopic (exact) mass is 252 g/mol. The fourth-order valence-electron chi connectivity index (χ4n) is 1.47. The summed E-state index contributed by atoms with van der Waals surface area (Å²) in [6.07, 6.45) is 3.29. The van der Waals surface area contributed by atoms with Crippen molar-refractivity contribution in [1.29, 1.82) is 0 Å². The first-order valence-electron chi connectivity index (χ1n) is 5.60. The highest BCUT2D eigenvalue weighted by molar-refractivity contribution is 6.33. The molecule has 4 heteroatoms. The topological polar surface area (TPSA) is 46.3 Å². The van der Waals surface area contributed by atoms with E-state index in [-0.39, 0.29) is 5.91 Å². The molecule has 0 aliphatic rings. The molecule has 1 aromatic carbocycles. The van der Waals surface area contributed by atoms with Crippen LogP contribution in [-0.4, -0.2) is 23.9 Å². The van der Waals surface area contributed by atoms with Crippen molar-refractivity contribution < 1.29 is 4.79 Å². The molecule has 0 aliphatic heterocycles. The van der Waals surface area contributed by atoms with Crippen molar-refractivity contribution in [3.05, 3.63) is 34.9 Å². The predicted molar refractivity (Wildman–Crippen MR) is 72.8 cm³/mol. The summed E-state index contributed by atoms with van der Waals surface area (Å²) in [5.74, 6) is 0.00326. The standard InChI is InChI=1S/C13H17ClN2O/c1-3-16(4-2)13(17)8-6-10-5-7-11(14)12(15)9-10/h5-9H,3-4,15H2,1-2H3/b8-6+. The molecule has 0 saturated heterocycles. The van der Waals surface area contributed by atoms with E-state index < -0.39 is 0 Å². The maximum absolute atomic E-state index is 11.7. The molecule has 0 saturated carbocycles. The Bertz CT molecular complexity index is 425. The molecule has 0 bridgehead atoms. The van der Waals surface area contributed by atoms with Crippen molar-refractivity contribution in [2.45, 2.75) is 13.8 Å². The minimum atomic E-state index is 0.00326. The third-order valence-electron chi connectivity index (χ3n) is 2.51. The number of amides is 1. The highest BCUT2D eigenvalue weighted by atomic mass is 35.5. The van der Waals surface area contributed by atoms with Gasteiger partial charge in [-0.25, -0.2) is 0 Å². The van der Waals surface area contributed by atoms with Crippen molar-refractivity contribution in [1.82, 2.24) is 4.90 Å². The van der Waals surface area contributed by atoms with Crippen molar-refractivity contribution in [3.8, 4) is 0 Å². The zero-order valence-electron chi connectivity index (χ0n) is 10.1. The first kappa shape index (κ1) is 13.6. The van der Waals surface area contributed by atoms with Gasteiger partial charge in [-0.1, -0.05) is 17.7 Å². The maximum atomic E-state index is 11.7. The van der Waals surface area contributed by atoms with Crippen LogP contribution in [-0.2, 0) is 4.79 Å². The van der Waals surface area contributed by atoms with Crippen LogP contribution in [0.4, 0.5) is 5.69 Å². The Morgan fingerprint density at radius 3 is 2.59 bits per heavy atom. The number of likely N-dealkylation sites (N-methyl/N-ethyl adjacent to an activating group) is 1. The minimum Gasteiger partial charge on any atom is -0.398 e. The summed E-state index contributed by atoms with van der Waals surface area (Å²) in [4.78, 5) is 13.5. The van der Waals surface area contributed by atoms with Crippen LogP contribution >= 0.6 is 11.6 Å². The molecule has 0 atom stereocenters. The molecular formula is C13H17ClN2O. The van der Waals surface area contributed by atoms with Crippen LogP contribution in [0.25, 0.3) is 6.08 Å². The fourth-order valence-corrected chi connectivity index (χ4v) is 1.59. The molecule has 3 nitrogen and oxygen atoms in total. The third kappa shape index (κ3) is 3.79. The quantitative estimate of drug-likeness (QED) is 0.662. The summed E-state index contributed by atoms with van der Waals surface area (Å²) in [5, 5.41) is 0.525. The van der Waals surface area contributed by atoms with Gasteiger partial charge in [0.15, 0.2) is 0 Å². The Kier molecular flexibility index (Phi) is 5.04. The summed E-state index contributed by atoms with van der Waals surface area (Å²) < 4.78 is 0. The maximum Gasteiger partial charge on any atom is 0.246 e. The van der Waals surface area contributed by atoms with E-state index in [0.29, 0.717) is 23.8 Å². The number of nitrogens with two attached hydrogens (primary N) is 1. The number of halogens is 1. The van der Waals surface area contributed by atoms with E-state index in [0.717, 1.165) is 5.56 Å². The molecule has 0 aromatic heterocycles. The van der Waals surface area contributed by atoms with Gasteiger partial charge in [-0.3, -0.25) is 4.79 Å². The Balaban J connectivity index is 2.76. The van der Waals surface area contributed by atoms with Gasteiger partial charge in [0, 0.05) is 19.2 Å². The molecule has 2 N–H and O–H groups in total. The van der Waals surface area contributed by atoms with Crippen LogP contribution in [0, 0.1) is 0 Å². The Morgan fingerprint density at radius 1 is 1.41 bits per heavy atom. The molecule has 1 amide bonds. The fraction of sp³-hybridized carbons (Fsp3) is 0.308. The smallest absolute Gasteiger partial charge is 0.246 e. The second kappa shape index (κ2) is 6.30. The number of hydrogen-bond acceptors (Lipinski definition) is 2. The lowest BCUT2D eigenvalue weighted by atomic mass is 10.2. The first-order chi connectivity index (χ1) is 8.08. The van der Waals surface area contributed by atoms with Crippen LogP contribution in [0.15, 0.2) is 24.3 Å². The highest BCUT2D eigenvalue weighted by Crippen LogP contribution is 2.20. The van der Waals surface area contributed by atoms with E-state index in [1.807, 2.05) is 19.9 Å². The Morgan fingerprint density at radius 2 is 2.06 bits per heavy atom. The number of nitrogens with zero attached hydrogens (tertiary/aromatic N) is 1. The molecular weight excluding hydrogens is 236 g/mol. The average molecular weight is 253 g/mol. The van der Waals surface area contributed by atoms with Gasteiger partial charge in [-0.15, -0.1) is 0 Å². The SMILES string of the molecule is CCN(CC)C(=O)/C=C/c1ccc(Cl)c(N)c1. The number of nitrogen functional groups attached to an aromatic ring is 1. The van der Waals surface area contributed by atoms with Gasteiger partial charge in [-0.2, -0.15) is 0 Å².